The van der Waals surface area contributed by atoms with E-state index in [0.29, 0.717) is 16.8 Å². The molecule has 1 heterocycles. The smallest absolute Gasteiger partial charge is 0.257 e. The molecule has 8 heteroatoms. The highest BCUT2D eigenvalue weighted by Gasteiger charge is 2.44. The van der Waals surface area contributed by atoms with Gasteiger partial charge in [0, 0.05) is 17.6 Å². The zero-order valence-corrected chi connectivity index (χ0v) is 15.9. The molecular weight excluding hydrogens is 396 g/mol. The number of carbonyl (C=O) groups excluding carboxylic acids is 4. The van der Waals surface area contributed by atoms with Gasteiger partial charge in [-0.15, -0.1) is 0 Å². The van der Waals surface area contributed by atoms with E-state index in [4.69, 9.17) is 11.6 Å². The van der Waals surface area contributed by atoms with Crippen LogP contribution in [0, 0.1) is 0 Å². The van der Waals surface area contributed by atoms with Crippen molar-refractivity contribution in [3.63, 3.8) is 0 Å². The third-order valence-corrected chi connectivity index (χ3v) is 4.64. The van der Waals surface area contributed by atoms with E-state index < -0.39 is 29.7 Å². The van der Waals surface area contributed by atoms with E-state index in [9.17, 15) is 24.3 Å². The second kappa shape index (κ2) is 8.70. The van der Waals surface area contributed by atoms with Gasteiger partial charge >= 0.3 is 0 Å². The highest BCUT2D eigenvalue weighted by Crippen LogP contribution is 2.28. The molecule has 148 valence electrons. The molecule has 1 aliphatic rings. The van der Waals surface area contributed by atoms with E-state index in [0.717, 1.165) is 16.5 Å². The second-order valence-electron chi connectivity index (χ2n) is 6.37. The summed E-state index contributed by atoms with van der Waals surface area (Å²) >= 11 is 5.96. The Labute approximate surface area is 171 Å². The van der Waals surface area contributed by atoms with Crippen molar-refractivity contribution >= 4 is 41.0 Å². The van der Waals surface area contributed by atoms with Crippen LogP contribution in [0.5, 0.6) is 0 Å². The number of carboxylic acids is 1. The maximum atomic E-state index is 13.0. The predicted octanol–water partition coefficient (Wildman–Crippen LogP) is 1.31. The lowest BCUT2D eigenvalue weighted by atomic mass is 10.1. The van der Waals surface area contributed by atoms with Crippen molar-refractivity contribution < 1.29 is 24.3 Å². The second-order valence-corrected chi connectivity index (χ2v) is 6.81. The molecule has 0 bridgehead atoms. The van der Waals surface area contributed by atoms with Crippen LogP contribution in [-0.4, -0.2) is 34.6 Å². The Balaban J connectivity index is 1.92. The molecule has 0 aromatic heterocycles. The average molecular weight is 412 g/mol. The zero-order chi connectivity index (χ0) is 21.0. The Bertz CT molecular complexity index is 990. The summed E-state index contributed by atoms with van der Waals surface area (Å²) in [7, 11) is 0. The Kier molecular flexibility index (Phi) is 6.09. The maximum absolute atomic E-state index is 13.0. The number of anilines is 1. The van der Waals surface area contributed by atoms with Crippen molar-refractivity contribution in [2.24, 2.45) is 0 Å². The zero-order valence-electron chi connectivity index (χ0n) is 15.2. The van der Waals surface area contributed by atoms with Crippen molar-refractivity contribution in [1.29, 1.82) is 0 Å². The summed E-state index contributed by atoms with van der Waals surface area (Å²) in [5.74, 6) is -3.30. The molecule has 1 fully saturated rings. The molecule has 0 saturated carbocycles. The first kappa shape index (κ1) is 20.3. The summed E-state index contributed by atoms with van der Waals surface area (Å²) < 4.78 is 0. The van der Waals surface area contributed by atoms with Crippen molar-refractivity contribution in [1.82, 2.24) is 4.90 Å². The molecule has 3 rings (SSSR count). The van der Waals surface area contributed by atoms with Crippen LogP contribution in [0.1, 0.15) is 12.0 Å². The molecule has 29 heavy (non-hydrogen) atoms. The molecule has 7 nitrogen and oxygen atoms in total. The average Bonchev–Trinajstić information content (AvgIpc) is 2.99. The van der Waals surface area contributed by atoms with Gasteiger partial charge in [-0.25, -0.2) is 4.90 Å². The van der Waals surface area contributed by atoms with Crippen molar-refractivity contribution in [2.75, 3.05) is 4.90 Å². The lowest BCUT2D eigenvalue weighted by Gasteiger charge is -2.27. The van der Waals surface area contributed by atoms with Gasteiger partial charge in [0.05, 0.1) is 18.1 Å². The summed E-state index contributed by atoms with van der Waals surface area (Å²) in [6.07, 6.45) is 1.19. The molecule has 1 atom stereocenters. The minimum absolute atomic E-state index is 0.0319. The Morgan fingerprint density at radius 1 is 1.10 bits per heavy atom. The first-order valence-electron chi connectivity index (χ1n) is 8.73. The van der Waals surface area contributed by atoms with Crippen molar-refractivity contribution in [3.05, 3.63) is 77.3 Å². The normalized spacial score (nSPS) is 16.4. The number of rotatable bonds is 6. The quantitative estimate of drug-likeness (QED) is 0.527. The number of aliphatic carboxylic acids is 1. The summed E-state index contributed by atoms with van der Waals surface area (Å²) in [4.78, 5) is 51.1. The van der Waals surface area contributed by atoms with Crippen molar-refractivity contribution in [3.8, 4) is 0 Å². The largest absolute Gasteiger partial charge is 0.545 e. The summed E-state index contributed by atoms with van der Waals surface area (Å²) in [5.41, 5.74) is 1.04. The van der Waals surface area contributed by atoms with Crippen LogP contribution in [0.15, 0.2) is 66.7 Å². The predicted molar refractivity (Wildman–Crippen MR) is 103 cm³/mol. The Morgan fingerprint density at radius 2 is 1.83 bits per heavy atom. The van der Waals surface area contributed by atoms with Crippen molar-refractivity contribution in [2.45, 2.75) is 19.0 Å². The van der Waals surface area contributed by atoms with Gasteiger partial charge in [0.25, 0.3) is 5.91 Å². The molecule has 0 radical (unpaired) electrons. The van der Waals surface area contributed by atoms with Crippen LogP contribution in [-0.2, 0) is 25.7 Å². The summed E-state index contributed by atoms with van der Waals surface area (Å²) in [6.45, 7) is 0.0319. The Morgan fingerprint density at radius 3 is 2.48 bits per heavy atom. The molecular formula is C21H16ClN2O5-. The summed E-state index contributed by atoms with van der Waals surface area (Å²) in [5, 5.41) is 11.0. The standard InChI is InChI=1S/C21H17ClN2O5/c22-15-7-4-8-16(11-15)24-19(26)12-17(21(24)29)23(18(25)9-10-20(27)28)13-14-5-2-1-3-6-14/h1-11,17H,12-13H2,(H,27,28)/p-1/b10-9+/t17-/m1/s1. The fourth-order valence-corrected chi connectivity index (χ4v) is 3.29. The number of hydrogen-bond acceptors (Lipinski definition) is 5. The molecule has 0 spiro atoms. The van der Waals surface area contributed by atoms with Gasteiger partial charge in [-0.05, 0) is 29.8 Å². The molecule has 2 aromatic rings. The monoisotopic (exact) mass is 411 g/mol. The fraction of sp³-hybridized carbons (Fsp3) is 0.143. The van der Waals surface area contributed by atoms with Crippen LogP contribution in [0.2, 0.25) is 5.02 Å². The van der Waals surface area contributed by atoms with Gasteiger partial charge in [-0.3, -0.25) is 14.4 Å². The summed E-state index contributed by atoms with van der Waals surface area (Å²) in [6, 6.07) is 14.1. The van der Waals surface area contributed by atoms with Crippen LogP contribution in [0.25, 0.3) is 0 Å². The van der Waals surface area contributed by atoms with E-state index in [2.05, 4.69) is 0 Å². The van der Waals surface area contributed by atoms with E-state index >= 15 is 0 Å². The van der Waals surface area contributed by atoms with E-state index in [1.54, 1.807) is 48.5 Å². The van der Waals surface area contributed by atoms with E-state index in [1.807, 2.05) is 0 Å². The number of amides is 3. The number of nitrogens with zero attached hydrogens (tertiary/aromatic N) is 2. The first-order chi connectivity index (χ1) is 13.9. The molecule has 1 aliphatic heterocycles. The molecule has 2 aromatic carbocycles. The van der Waals surface area contributed by atoms with Gasteiger partial charge in [0.2, 0.25) is 11.8 Å². The third-order valence-electron chi connectivity index (χ3n) is 4.41. The molecule has 3 amide bonds. The van der Waals surface area contributed by atoms with Crippen LogP contribution in [0.3, 0.4) is 0 Å². The van der Waals surface area contributed by atoms with Crippen LogP contribution >= 0.6 is 11.6 Å². The minimum Gasteiger partial charge on any atom is -0.545 e. The first-order valence-corrected chi connectivity index (χ1v) is 9.10. The Hall–Kier alpha value is -3.45. The highest BCUT2D eigenvalue weighted by atomic mass is 35.5. The molecule has 0 aliphatic carbocycles. The molecule has 0 unspecified atom stereocenters. The topological polar surface area (TPSA) is 97.8 Å². The van der Waals surface area contributed by atoms with Crippen LogP contribution in [0.4, 0.5) is 5.69 Å². The SMILES string of the molecule is O=C([O-])/C=C/C(=O)N(Cc1ccccc1)[C@@H]1CC(=O)N(c2cccc(Cl)c2)C1=O. The van der Waals surface area contributed by atoms with Gasteiger partial charge in [-0.1, -0.05) is 48.0 Å². The number of imide groups is 1. The lowest BCUT2D eigenvalue weighted by molar-refractivity contribution is -0.297. The van der Waals surface area contributed by atoms with Gasteiger partial charge in [0.15, 0.2) is 0 Å². The minimum atomic E-state index is -1.53. The van der Waals surface area contributed by atoms with Gasteiger partial charge in [-0.2, -0.15) is 0 Å². The third kappa shape index (κ3) is 4.70. The molecule has 1 saturated heterocycles. The maximum Gasteiger partial charge on any atom is 0.257 e. The number of benzene rings is 2. The molecule has 0 N–H and O–H groups in total. The van der Waals surface area contributed by atoms with Gasteiger partial charge < -0.3 is 14.8 Å². The number of halogens is 1. The van der Waals surface area contributed by atoms with E-state index in [1.165, 1.54) is 11.0 Å². The lowest BCUT2D eigenvalue weighted by Crippen LogP contribution is -2.44. The van der Waals surface area contributed by atoms with Crippen LogP contribution < -0.4 is 10.0 Å². The van der Waals surface area contributed by atoms with Gasteiger partial charge in [0.1, 0.15) is 6.04 Å². The highest BCUT2D eigenvalue weighted by molar-refractivity contribution is 6.31. The number of carboxylic acid groups (broad SMARTS) is 1. The fourth-order valence-electron chi connectivity index (χ4n) is 3.10. The number of carbonyl (C=O) groups is 4. The van der Waals surface area contributed by atoms with E-state index in [-0.39, 0.29) is 13.0 Å². The number of hydrogen-bond donors (Lipinski definition) is 0.